The van der Waals surface area contributed by atoms with Gasteiger partial charge in [-0.2, -0.15) is 0 Å². The van der Waals surface area contributed by atoms with Crippen LogP contribution in [0.1, 0.15) is 80.1 Å². The highest BCUT2D eigenvalue weighted by Gasteiger charge is 2.22. The van der Waals surface area contributed by atoms with E-state index in [-0.39, 0.29) is 5.75 Å². The Morgan fingerprint density at radius 3 is 2.21 bits per heavy atom. The zero-order chi connectivity index (χ0) is 19.9. The van der Waals surface area contributed by atoms with Gasteiger partial charge >= 0.3 is 5.97 Å². The van der Waals surface area contributed by atoms with Gasteiger partial charge in [0.15, 0.2) is 0 Å². The minimum Gasteiger partial charge on any atom is -0.423 e. The summed E-state index contributed by atoms with van der Waals surface area (Å²) in [5.41, 5.74) is 1.63. The van der Waals surface area contributed by atoms with Gasteiger partial charge in [0.25, 0.3) is 0 Å². The fourth-order valence-electron chi connectivity index (χ4n) is 4.11. The first-order chi connectivity index (χ1) is 13.5. The van der Waals surface area contributed by atoms with Crippen molar-refractivity contribution in [3.05, 3.63) is 65.2 Å². The second-order valence-electron chi connectivity index (χ2n) is 7.83. The monoisotopic (exact) mass is 386 g/mol. The number of carbonyl (C=O) groups excluding carboxylic acids is 1. The van der Waals surface area contributed by atoms with Gasteiger partial charge in [0.05, 0.1) is 5.56 Å². The Kier molecular flexibility index (Phi) is 7.18. The number of halogens is 2. The molecule has 0 radical (unpaired) electrons. The maximum absolute atomic E-state index is 13.2. The molecule has 4 heteroatoms. The Labute approximate surface area is 165 Å². The molecule has 0 saturated heterocycles. The van der Waals surface area contributed by atoms with Crippen molar-refractivity contribution in [3.63, 3.8) is 0 Å². The number of rotatable bonds is 7. The predicted octanol–water partition coefficient (Wildman–Crippen LogP) is 7.04. The van der Waals surface area contributed by atoms with Crippen LogP contribution in [-0.2, 0) is 0 Å². The van der Waals surface area contributed by atoms with E-state index in [2.05, 4.69) is 6.92 Å². The summed E-state index contributed by atoms with van der Waals surface area (Å²) in [6.45, 7) is 2.24. The first-order valence-electron chi connectivity index (χ1n) is 10.3. The molecule has 1 fully saturated rings. The van der Waals surface area contributed by atoms with Crippen molar-refractivity contribution in [2.45, 2.75) is 64.2 Å². The molecule has 150 valence electrons. The first-order valence-corrected chi connectivity index (χ1v) is 10.3. The Balaban J connectivity index is 1.54. The predicted molar refractivity (Wildman–Crippen MR) is 107 cm³/mol. The average Bonchev–Trinajstić information content (AvgIpc) is 2.68. The molecule has 2 aromatic carbocycles. The number of unbranched alkanes of at least 4 members (excludes halogenated alkanes) is 2. The smallest absolute Gasteiger partial charge is 0.343 e. The van der Waals surface area contributed by atoms with E-state index in [1.807, 2.05) is 12.1 Å². The molecule has 28 heavy (non-hydrogen) atoms. The summed E-state index contributed by atoms with van der Waals surface area (Å²) < 4.78 is 31.5. The molecule has 0 unspecified atom stereocenters. The van der Waals surface area contributed by atoms with E-state index in [1.54, 1.807) is 12.1 Å². The Morgan fingerprint density at radius 1 is 0.964 bits per heavy atom. The summed E-state index contributed by atoms with van der Waals surface area (Å²) in [7, 11) is 0. The molecule has 0 N–H and O–H groups in total. The van der Waals surface area contributed by atoms with Gasteiger partial charge < -0.3 is 4.74 Å². The molecule has 0 heterocycles. The molecule has 1 saturated carbocycles. The lowest BCUT2D eigenvalue weighted by atomic mass is 9.77. The Morgan fingerprint density at radius 2 is 1.61 bits per heavy atom. The van der Waals surface area contributed by atoms with Crippen LogP contribution in [0.15, 0.2) is 42.5 Å². The number of benzene rings is 2. The summed E-state index contributed by atoms with van der Waals surface area (Å²) in [6, 6.07) is 10.2. The maximum Gasteiger partial charge on any atom is 0.343 e. The number of hydrogen-bond donors (Lipinski definition) is 0. The molecule has 2 nitrogen and oxygen atoms in total. The van der Waals surface area contributed by atoms with Crippen LogP contribution >= 0.6 is 0 Å². The van der Waals surface area contributed by atoms with Crippen molar-refractivity contribution in [1.82, 2.24) is 0 Å². The van der Waals surface area contributed by atoms with Crippen LogP contribution in [-0.4, -0.2) is 5.97 Å². The molecular formula is C24H28F2O2. The molecule has 1 aliphatic rings. The summed E-state index contributed by atoms with van der Waals surface area (Å²) in [5, 5.41) is 0. The van der Waals surface area contributed by atoms with E-state index < -0.39 is 17.6 Å². The topological polar surface area (TPSA) is 26.3 Å². The second kappa shape index (κ2) is 9.81. The number of esters is 1. The third kappa shape index (κ3) is 5.63. The number of hydrogen-bond acceptors (Lipinski definition) is 2. The lowest BCUT2D eigenvalue weighted by Gasteiger charge is -2.29. The van der Waals surface area contributed by atoms with E-state index in [4.69, 9.17) is 4.74 Å². The van der Waals surface area contributed by atoms with Crippen LogP contribution in [0.2, 0.25) is 0 Å². The van der Waals surface area contributed by atoms with E-state index in [0.717, 1.165) is 24.1 Å². The Hall–Kier alpha value is -2.23. The van der Waals surface area contributed by atoms with E-state index in [9.17, 15) is 13.6 Å². The molecule has 0 aromatic heterocycles. The highest BCUT2D eigenvalue weighted by atomic mass is 19.1. The van der Waals surface area contributed by atoms with Crippen molar-refractivity contribution >= 4 is 5.97 Å². The minimum atomic E-state index is -0.775. The van der Waals surface area contributed by atoms with Crippen LogP contribution in [0.4, 0.5) is 8.78 Å². The third-order valence-electron chi connectivity index (χ3n) is 5.73. The van der Waals surface area contributed by atoms with Gasteiger partial charge in [-0.05, 0) is 55.2 Å². The molecule has 0 amide bonds. The van der Waals surface area contributed by atoms with Crippen molar-refractivity contribution in [1.29, 1.82) is 0 Å². The fourth-order valence-corrected chi connectivity index (χ4v) is 4.11. The van der Waals surface area contributed by atoms with E-state index >= 15 is 0 Å². The zero-order valence-electron chi connectivity index (χ0n) is 16.4. The van der Waals surface area contributed by atoms with Crippen molar-refractivity contribution < 1.29 is 18.3 Å². The van der Waals surface area contributed by atoms with Gasteiger partial charge in [0.2, 0.25) is 0 Å². The second-order valence-corrected chi connectivity index (χ2v) is 7.83. The standard InChI is InChI=1S/C24H28F2O2/c1-2-3-4-5-17-6-8-18(9-7-17)19-10-12-20(13-11-19)24(27)28-23-15-21(25)14-22(26)16-23/h10-18H,2-9H2,1H3. The molecule has 1 aliphatic carbocycles. The van der Waals surface area contributed by atoms with Crippen LogP contribution in [0.25, 0.3) is 0 Å². The van der Waals surface area contributed by atoms with Gasteiger partial charge in [0, 0.05) is 18.2 Å². The zero-order valence-corrected chi connectivity index (χ0v) is 16.4. The molecule has 0 spiro atoms. The van der Waals surface area contributed by atoms with E-state index in [1.165, 1.54) is 56.9 Å². The Bertz CT molecular complexity index is 757. The SMILES string of the molecule is CCCCCC1CCC(c2ccc(C(=O)Oc3cc(F)cc(F)c3)cc2)CC1. The lowest BCUT2D eigenvalue weighted by molar-refractivity contribution is 0.0734. The van der Waals surface area contributed by atoms with Gasteiger partial charge in [-0.25, -0.2) is 13.6 Å². The summed E-state index contributed by atoms with van der Waals surface area (Å²) in [5.74, 6) is -0.885. The van der Waals surface area contributed by atoms with Gasteiger partial charge in [-0.1, -0.05) is 44.7 Å². The van der Waals surface area contributed by atoms with Crippen LogP contribution in [0, 0.1) is 17.6 Å². The molecule has 3 rings (SSSR count). The van der Waals surface area contributed by atoms with Crippen LogP contribution in [0.3, 0.4) is 0 Å². The molecule has 0 bridgehead atoms. The van der Waals surface area contributed by atoms with Gasteiger partial charge in [-0.15, -0.1) is 0 Å². The molecular weight excluding hydrogens is 358 g/mol. The van der Waals surface area contributed by atoms with Gasteiger partial charge in [-0.3, -0.25) is 0 Å². The summed E-state index contributed by atoms with van der Waals surface area (Å²) >= 11 is 0. The number of carbonyl (C=O) groups is 1. The van der Waals surface area contributed by atoms with E-state index in [0.29, 0.717) is 11.5 Å². The minimum absolute atomic E-state index is 0.132. The first kappa shape index (κ1) is 20.5. The third-order valence-corrected chi connectivity index (χ3v) is 5.73. The maximum atomic E-state index is 13.2. The highest BCUT2D eigenvalue weighted by Crippen LogP contribution is 2.37. The average molecular weight is 386 g/mol. The largest absolute Gasteiger partial charge is 0.423 e. The summed E-state index contributed by atoms with van der Waals surface area (Å²) in [4.78, 5) is 12.2. The van der Waals surface area contributed by atoms with Crippen molar-refractivity contribution in [2.75, 3.05) is 0 Å². The van der Waals surface area contributed by atoms with Crippen molar-refractivity contribution in [2.24, 2.45) is 5.92 Å². The van der Waals surface area contributed by atoms with Crippen LogP contribution in [0.5, 0.6) is 5.75 Å². The lowest BCUT2D eigenvalue weighted by Crippen LogP contribution is -2.14. The number of ether oxygens (including phenoxy) is 1. The van der Waals surface area contributed by atoms with Crippen molar-refractivity contribution in [3.8, 4) is 5.75 Å². The summed E-state index contributed by atoms with van der Waals surface area (Å²) in [6.07, 6.45) is 10.3. The fraction of sp³-hybridized carbons (Fsp3) is 0.458. The molecule has 0 aliphatic heterocycles. The quantitative estimate of drug-likeness (QED) is 0.290. The molecule has 2 aromatic rings. The van der Waals surface area contributed by atoms with Crippen LogP contribution < -0.4 is 4.74 Å². The molecule has 0 atom stereocenters. The van der Waals surface area contributed by atoms with Gasteiger partial charge in [0.1, 0.15) is 17.4 Å². The highest BCUT2D eigenvalue weighted by molar-refractivity contribution is 5.91. The normalized spacial score (nSPS) is 19.4.